The van der Waals surface area contributed by atoms with Crippen LogP contribution < -0.4 is 0 Å². The van der Waals surface area contributed by atoms with Crippen molar-refractivity contribution >= 4 is 9.23 Å². The fraction of sp³-hybridized carbons (Fsp3) is 0. The van der Waals surface area contributed by atoms with Crippen LogP contribution in [0.4, 0.5) is 0 Å². The van der Waals surface area contributed by atoms with Crippen molar-refractivity contribution in [3.8, 4) is 5.40 Å². The van der Waals surface area contributed by atoms with Crippen LogP contribution >= 0.6 is 9.23 Å². The number of rotatable bonds is 0. The van der Waals surface area contributed by atoms with Crippen LogP contribution in [0.15, 0.2) is 0 Å². The van der Waals surface area contributed by atoms with E-state index in [2.05, 4.69) is 0 Å². The predicted octanol–water partition coefficient (Wildman–Crippen LogP) is 0.662. The fourth-order valence-electron chi connectivity index (χ4n) is 0. The summed E-state index contributed by atoms with van der Waals surface area (Å²) in [6, 6.07) is 0. The molecule has 0 bridgehead atoms. The van der Waals surface area contributed by atoms with Gasteiger partial charge in [-0.25, -0.2) is 0 Å². The van der Waals surface area contributed by atoms with E-state index in [1.165, 1.54) is 9.23 Å². The van der Waals surface area contributed by atoms with Crippen LogP contribution in [-0.4, -0.2) is 0 Å². The Bertz CT molecular complexity index is 37.8. The van der Waals surface area contributed by atoms with E-state index < -0.39 is 0 Å². The number of hydrogen-bond acceptors (Lipinski definition) is 2. The van der Waals surface area contributed by atoms with E-state index in [0.717, 1.165) is 19.7 Å². The third-order valence-corrected chi connectivity index (χ3v) is 1.00. The maximum atomic E-state index is 7.62. The molecule has 20 valence electrons. The summed E-state index contributed by atoms with van der Waals surface area (Å²) in [5.41, 5.74) is 0. The fourth-order valence-corrected chi connectivity index (χ4v) is 0. The number of nitriles is 1. The molecule has 0 atom stereocenters. The molecule has 0 spiro atoms. The van der Waals surface area contributed by atoms with Crippen molar-refractivity contribution in [2.24, 2.45) is 0 Å². The molecule has 0 N–H and O–H groups in total. The summed E-state index contributed by atoms with van der Waals surface area (Å²) in [5, 5.41) is 9.51. The monoisotopic (exact) mass is 239 g/mol. The average Bonchev–Trinajstić information content (AvgIpc) is 1.37. The Hall–Kier alpha value is 0.580. The summed E-state index contributed by atoms with van der Waals surface area (Å²) < 4.78 is 0. The zero-order chi connectivity index (χ0) is 3.41. The molecular formula is CNSTa. The molecule has 0 saturated heterocycles. The van der Waals surface area contributed by atoms with E-state index >= 15 is 0 Å². The molecule has 0 heterocycles. The van der Waals surface area contributed by atoms with Crippen LogP contribution in [-0.2, 0) is 19.7 Å². The van der Waals surface area contributed by atoms with E-state index in [4.69, 9.17) is 5.26 Å². The molecule has 3 heteroatoms. The molecule has 0 radical (unpaired) electrons. The Morgan fingerprint density at radius 2 is 2.25 bits per heavy atom. The molecule has 0 aromatic rings. The van der Waals surface area contributed by atoms with Crippen LogP contribution in [0.25, 0.3) is 0 Å². The molecule has 0 aliphatic rings. The molecule has 0 aromatic heterocycles. The van der Waals surface area contributed by atoms with E-state index in [0.29, 0.717) is 0 Å². The van der Waals surface area contributed by atoms with Gasteiger partial charge in [0, 0.05) is 0 Å². The first-order chi connectivity index (χ1) is 1.91. The van der Waals surface area contributed by atoms with Crippen molar-refractivity contribution < 1.29 is 19.7 Å². The minimum absolute atomic E-state index is 1.10. The second kappa shape index (κ2) is 3.58. The topological polar surface area (TPSA) is 23.8 Å². The third-order valence-electron chi connectivity index (χ3n) is 0.0408. The van der Waals surface area contributed by atoms with E-state index in [1.807, 2.05) is 5.40 Å². The molecular weight excluding hydrogens is 239 g/mol. The zero-order valence-electron chi connectivity index (χ0n) is 1.80. The third kappa shape index (κ3) is 2.58. The summed E-state index contributed by atoms with van der Waals surface area (Å²) >= 11 is 1.10. The second-order valence-corrected chi connectivity index (χ2v) is 2.52. The van der Waals surface area contributed by atoms with Crippen LogP contribution in [0.3, 0.4) is 0 Å². The Labute approximate surface area is 39.9 Å². The summed E-state index contributed by atoms with van der Waals surface area (Å²) in [7, 11) is 1.27. The first kappa shape index (κ1) is 4.58. The summed E-state index contributed by atoms with van der Waals surface area (Å²) in [6.45, 7) is 0. The van der Waals surface area contributed by atoms with Gasteiger partial charge in [-0.05, 0) is 0 Å². The van der Waals surface area contributed by atoms with Crippen molar-refractivity contribution in [2.75, 3.05) is 0 Å². The van der Waals surface area contributed by atoms with Gasteiger partial charge in [0.15, 0.2) is 0 Å². The van der Waals surface area contributed by atoms with Crippen molar-refractivity contribution in [3.63, 3.8) is 0 Å². The van der Waals surface area contributed by atoms with Gasteiger partial charge >= 0.3 is 39.6 Å². The van der Waals surface area contributed by atoms with Crippen molar-refractivity contribution in [3.05, 3.63) is 0 Å². The Balaban J connectivity index is 2.43. The molecule has 0 fully saturated rings. The zero-order valence-corrected chi connectivity index (χ0v) is 5.83. The summed E-state index contributed by atoms with van der Waals surface area (Å²) in [5.74, 6) is 0. The van der Waals surface area contributed by atoms with Gasteiger partial charge < -0.3 is 0 Å². The van der Waals surface area contributed by atoms with Crippen molar-refractivity contribution in [1.82, 2.24) is 0 Å². The Morgan fingerprint density at radius 1 is 2.00 bits per heavy atom. The van der Waals surface area contributed by atoms with Gasteiger partial charge in [0.25, 0.3) is 0 Å². The van der Waals surface area contributed by atoms with Crippen molar-refractivity contribution in [1.29, 1.82) is 5.26 Å². The van der Waals surface area contributed by atoms with Crippen LogP contribution in [0.1, 0.15) is 0 Å². The molecule has 0 amide bonds. The van der Waals surface area contributed by atoms with Crippen LogP contribution in [0.2, 0.25) is 0 Å². The van der Waals surface area contributed by atoms with Gasteiger partial charge in [0.1, 0.15) is 0 Å². The normalized spacial score (nSPS) is 4.75. The van der Waals surface area contributed by atoms with Gasteiger partial charge in [0.2, 0.25) is 0 Å². The molecule has 4 heavy (non-hydrogen) atoms. The summed E-state index contributed by atoms with van der Waals surface area (Å²) in [4.78, 5) is 0. The standard InChI is InChI=1S/CHNS.Ta/c2-1-3;/h3H;/q;+1/p-1. The van der Waals surface area contributed by atoms with Crippen molar-refractivity contribution in [2.45, 2.75) is 0 Å². The average molecular weight is 239 g/mol. The number of hydrogen-bond donors (Lipinski definition) is 0. The van der Waals surface area contributed by atoms with Crippen LogP contribution in [0, 0.1) is 10.7 Å². The summed E-state index contributed by atoms with van der Waals surface area (Å²) in [6.07, 6.45) is 0. The number of nitrogens with zero attached hydrogens (tertiary/aromatic N) is 1. The molecule has 0 aliphatic carbocycles. The maximum absolute atomic E-state index is 7.62. The number of thiocyanates is 1. The van der Waals surface area contributed by atoms with Gasteiger partial charge in [-0.1, -0.05) is 0 Å². The molecule has 1 nitrogen and oxygen atoms in total. The van der Waals surface area contributed by atoms with Gasteiger partial charge in [-0.3, -0.25) is 0 Å². The van der Waals surface area contributed by atoms with Gasteiger partial charge in [0.05, 0.1) is 0 Å². The molecule has 0 saturated carbocycles. The second-order valence-electron chi connectivity index (χ2n) is 0.183. The van der Waals surface area contributed by atoms with E-state index in [-0.39, 0.29) is 0 Å². The van der Waals surface area contributed by atoms with E-state index in [9.17, 15) is 0 Å². The molecule has 0 rings (SSSR count). The minimum atomic E-state index is 1.10. The van der Waals surface area contributed by atoms with E-state index in [1.54, 1.807) is 0 Å². The first-order valence-electron chi connectivity index (χ1n) is 0.610. The quantitative estimate of drug-likeness (QED) is 0.580. The molecule has 0 aromatic carbocycles. The molecule has 0 unspecified atom stereocenters. The van der Waals surface area contributed by atoms with Gasteiger partial charge in [-0.2, -0.15) is 0 Å². The first-order valence-corrected chi connectivity index (χ1v) is 5.32. The van der Waals surface area contributed by atoms with Gasteiger partial charge in [-0.15, -0.1) is 0 Å². The van der Waals surface area contributed by atoms with Crippen LogP contribution in [0.5, 0.6) is 0 Å². The Morgan fingerprint density at radius 3 is 2.25 bits per heavy atom. The Kier molecular flexibility index (Phi) is 4.10. The molecule has 0 aliphatic heterocycles. The predicted molar refractivity (Wildman–Crippen MR) is 13.2 cm³/mol. The SMILES string of the molecule is N#C[S][Ta].